The molecule has 0 heterocycles. The van der Waals surface area contributed by atoms with Gasteiger partial charge in [-0.1, -0.05) is 12.1 Å². The smallest absolute Gasteiger partial charge is 0.407 e. The van der Waals surface area contributed by atoms with E-state index in [0.717, 1.165) is 18.6 Å². The SMILES string of the molecule is COCCOc1cccc2c1CC(CNC(=O)OC(C)(C)C)C2. The molecule has 5 nitrogen and oxygen atoms in total. The minimum Gasteiger partial charge on any atom is -0.491 e. The molecule has 0 bridgehead atoms. The van der Waals surface area contributed by atoms with Crippen LogP contribution in [-0.4, -0.2) is 38.6 Å². The Bertz CT molecular complexity index is 536. The maximum absolute atomic E-state index is 11.8. The van der Waals surface area contributed by atoms with Gasteiger partial charge in [0.15, 0.2) is 0 Å². The van der Waals surface area contributed by atoms with Crippen molar-refractivity contribution in [3.63, 3.8) is 0 Å². The number of ether oxygens (including phenoxy) is 3. The van der Waals surface area contributed by atoms with Gasteiger partial charge in [0, 0.05) is 13.7 Å². The van der Waals surface area contributed by atoms with Crippen LogP contribution in [0.1, 0.15) is 31.9 Å². The zero-order chi connectivity index (χ0) is 16.9. The van der Waals surface area contributed by atoms with Crippen molar-refractivity contribution in [3.05, 3.63) is 29.3 Å². The lowest BCUT2D eigenvalue weighted by Crippen LogP contribution is -2.35. The van der Waals surface area contributed by atoms with Crippen LogP contribution < -0.4 is 10.1 Å². The van der Waals surface area contributed by atoms with Gasteiger partial charge >= 0.3 is 6.09 Å². The molecule has 1 aromatic rings. The zero-order valence-electron chi connectivity index (χ0n) is 14.5. The molecule has 0 aliphatic heterocycles. The monoisotopic (exact) mass is 321 g/mol. The van der Waals surface area contributed by atoms with Crippen LogP contribution in [0.15, 0.2) is 18.2 Å². The highest BCUT2D eigenvalue weighted by molar-refractivity contribution is 5.67. The van der Waals surface area contributed by atoms with Crippen molar-refractivity contribution in [1.29, 1.82) is 0 Å². The molecule has 1 aromatic carbocycles. The maximum atomic E-state index is 11.8. The molecule has 0 fully saturated rings. The van der Waals surface area contributed by atoms with E-state index in [9.17, 15) is 4.79 Å². The van der Waals surface area contributed by atoms with Gasteiger partial charge in [-0.25, -0.2) is 4.79 Å². The van der Waals surface area contributed by atoms with E-state index in [2.05, 4.69) is 11.4 Å². The van der Waals surface area contributed by atoms with Crippen LogP contribution in [-0.2, 0) is 22.3 Å². The Morgan fingerprint density at radius 1 is 1.26 bits per heavy atom. The Hall–Kier alpha value is -1.75. The number of benzene rings is 1. The number of alkyl carbamates (subject to hydrolysis) is 1. The Morgan fingerprint density at radius 2 is 2.04 bits per heavy atom. The predicted octanol–water partition coefficient (Wildman–Crippen LogP) is 2.95. The molecular formula is C18H27NO4. The van der Waals surface area contributed by atoms with Gasteiger partial charge in [-0.05, 0) is 56.7 Å². The molecule has 1 aliphatic rings. The van der Waals surface area contributed by atoms with Gasteiger partial charge in [0.1, 0.15) is 18.0 Å². The lowest BCUT2D eigenvalue weighted by molar-refractivity contribution is 0.0520. The minimum atomic E-state index is -0.467. The van der Waals surface area contributed by atoms with Crippen molar-refractivity contribution in [2.45, 2.75) is 39.2 Å². The summed E-state index contributed by atoms with van der Waals surface area (Å²) < 4.78 is 16.1. The topological polar surface area (TPSA) is 56.8 Å². The third kappa shape index (κ3) is 5.43. The number of fused-ring (bicyclic) bond motifs is 1. The fourth-order valence-corrected chi connectivity index (χ4v) is 2.76. The molecule has 2 rings (SSSR count). The summed E-state index contributed by atoms with van der Waals surface area (Å²) in [6, 6.07) is 6.15. The van der Waals surface area contributed by atoms with Gasteiger partial charge in [-0.15, -0.1) is 0 Å². The van der Waals surface area contributed by atoms with Gasteiger partial charge in [-0.2, -0.15) is 0 Å². The van der Waals surface area contributed by atoms with E-state index in [1.807, 2.05) is 32.9 Å². The average molecular weight is 321 g/mol. The van der Waals surface area contributed by atoms with E-state index in [-0.39, 0.29) is 6.09 Å². The molecule has 0 saturated carbocycles. The predicted molar refractivity (Wildman–Crippen MR) is 88.9 cm³/mol. The van der Waals surface area contributed by atoms with E-state index in [0.29, 0.717) is 25.7 Å². The molecular weight excluding hydrogens is 294 g/mol. The van der Waals surface area contributed by atoms with Crippen LogP contribution in [0.2, 0.25) is 0 Å². The largest absolute Gasteiger partial charge is 0.491 e. The average Bonchev–Trinajstić information content (AvgIpc) is 2.87. The van der Waals surface area contributed by atoms with Crippen molar-refractivity contribution >= 4 is 6.09 Å². The number of amides is 1. The summed E-state index contributed by atoms with van der Waals surface area (Å²) in [5.41, 5.74) is 2.08. The molecule has 0 saturated heterocycles. The first kappa shape index (κ1) is 17.6. The van der Waals surface area contributed by atoms with Gasteiger partial charge in [0.2, 0.25) is 0 Å². The summed E-state index contributed by atoms with van der Waals surface area (Å²) in [4.78, 5) is 11.8. The van der Waals surface area contributed by atoms with Gasteiger partial charge in [-0.3, -0.25) is 0 Å². The molecule has 128 valence electrons. The van der Waals surface area contributed by atoms with Gasteiger partial charge < -0.3 is 19.5 Å². The van der Waals surface area contributed by atoms with Crippen molar-refractivity contribution < 1.29 is 19.0 Å². The number of nitrogens with one attached hydrogen (secondary N) is 1. The first-order chi connectivity index (χ1) is 10.9. The van der Waals surface area contributed by atoms with Gasteiger partial charge in [0.25, 0.3) is 0 Å². The Morgan fingerprint density at radius 3 is 2.74 bits per heavy atom. The highest BCUT2D eigenvalue weighted by Crippen LogP contribution is 2.33. The molecule has 1 aliphatic carbocycles. The first-order valence-corrected chi connectivity index (χ1v) is 8.08. The van der Waals surface area contributed by atoms with Crippen LogP contribution in [0.5, 0.6) is 5.75 Å². The van der Waals surface area contributed by atoms with Crippen LogP contribution in [0.4, 0.5) is 4.79 Å². The first-order valence-electron chi connectivity index (χ1n) is 8.08. The second-order valence-electron chi connectivity index (χ2n) is 6.89. The minimum absolute atomic E-state index is 0.356. The Kier molecular flexibility index (Phi) is 5.88. The molecule has 0 aromatic heterocycles. The van der Waals surface area contributed by atoms with Crippen molar-refractivity contribution in [2.75, 3.05) is 26.9 Å². The van der Waals surface area contributed by atoms with Gasteiger partial charge in [0.05, 0.1) is 6.61 Å². The van der Waals surface area contributed by atoms with Crippen molar-refractivity contribution in [1.82, 2.24) is 5.32 Å². The number of carbonyl (C=O) groups is 1. The summed E-state index contributed by atoms with van der Waals surface area (Å²) in [5, 5.41) is 2.87. The summed E-state index contributed by atoms with van der Waals surface area (Å²) in [6.07, 6.45) is 1.51. The fourth-order valence-electron chi connectivity index (χ4n) is 2.76. The van der Waals surface area contributed by atoms with E-state index >= 15 is 0 Å². The highest BCUT2D eigenvalue weighted by atomic mass is 16.6. The van der Waals surface area contributed by atoms with Crippen LogP contribution in [0.3, 0.4) is 0 Å². The number of carbonyl (C=O) groups excluding carboxylic acids is 1. The molecule has 23 heavy (non-hydrogen) atoms. The molecule has 1 unspecified atom stereocenters. The standard InChI is InChI=1S/C18H27NO4/c1-18(2,3)23-17(20)19-12-13-10-14-6-5-7-16(15(14)11-13)22-9-8-21-4/h5-7,13H,8-12H2,1-4H3,(H,19,20). The maximum Gasteiger partial charge on any atom is 0.407 e. The Balaban J connectivity index is 1.87. The van der Waals surface area contributed by atoms with Crippen molar-refractivity contribution in [3.8, 4) is 5.75 Å². The third-order valence-electron chi connectivity index (χ3n) is 3.71. The summed E-state index contributed by atoms with van der Waals surface area (Å²) in [7, 11) is 1.66. The lowest BCUT2D eigenvalue weighted by Gasteiger charge is -2.20. The zero-order valence-corrected chi connectivity index (χ0v) is 14.5. The molecule has 5 heteroatoms. The highest BCUT2D eigenvalue weighted by Gasteiger charge is 2.25. The second kappa shape index (κ2) is 7.68. The van der Waals surface area contributed by atoms with E-state index in [1.165, 1.54) is 11.1 Å². The van der Waals surface area contributed by atoms with Crippen molar-refractivity contribution in [2.24, 2.45) is 5.92 Å². The van der Waals surface area contributed by atoms with E-state index in [1.54, 1.807) is 7.11 Å². The molecule has 1 atom stereocenters. The fraction of sp³-hybridized carbons (Fsp3) is 0.611. The molecule has 1 amide bonds. The molecule has 0 radical (unpaired) electrons. The summed E-state index contributed by atoms with van der Waals surface area (Å²) in [5.74, 6) is 1.31. The van der Waals surface area contributed by atoms with Crippen LogP contribution in [0.25, 0.3) is 0 Å². The number of methoxy groups -OCH3 is 1. The number of hydrogen-bond acceptors (Lipinski definition) is 4. The third-order valence-corrected chi connectivity index (χ3v) is 3.71. The quantitative estimate of drug-likeness (QED) is 0.819. The van der Waals surface area contributed by atoms with Crippen LogP contribution >= 0.6 is 0 Å². The second-order valence-corrected chi connectivity index (χ2v) is 6.89. The lowest BCUT2D eigenvalue weighted by atomic mass is 10.1. The number of rotatable bonds is 6. The molecule has 0 spiro atoms. The van der Waals surface area contributed by atoms with E-state index < -0.39 is 5.60 Å². The molecule has 1 N–H and O–H groups in total. The Labute approximate surface area is 138 Å². The normalized spacial score (nSPS) is 16.8. The summed E-state index contributed by atoms with van der Waals surface area (Å²) >= 11 is 0. The summed E-state index contributed by atoms with van der Waals surface area (Å²) in [6.45, 7) is 7.33. The van der Waals surface area contributed by atoms with E-state index in [4.69, 9.17) is 14.2 Å². The van der Waals surface area contributed by atoms with Crippen LogP contribution in [0, 0.1) is 5.92 Å². The number of hydrogen-bond donors (Lipinski definition) is 1.